The quantitative estimate of drug-likeness (QED) is 0.693. The van der Waals surface area contributed by atoms with Crippen LogP contribution in [0.15, 0.2) is 41.0 Å². The van der Waals surface area contributed by atoms with Gasteiger partial charge in [0.2, 0.25) is 0 Å². The summed E-state index contributed by atoms with van der Waals surface area (Å²) in [5.41, 5.74) is 3.19. The molecule has 1 nitrogen and oxygen atoms in total. The van der Waals surface area contributed by atoms with E-state index >= 15 is 0 Å². The molecule has 0 aliphatic carbocycles. The van der Waals surface area contributed by atoms with Crippen LogP contribution in [0.3, 0.4) is 0 Å². The van der Waals surface area contributed by atoms with Crippen LogP contribution in [-0.2, 0) is 6.42 Å². The van der Waals surface area contributed by atoms with Gasteiger partial charge >= 0.3 is 0 Å². The van der Waals surface area contributed by atoms with Gasteiger partial charge in [0, 0.05) is 27.6 Å². The zero-order chi connectivity index (χ0) is 13.1. The molecule has 0 aliphatic heterocycles. The van der Waals surface area contributed by atoms with Crippen LogP contribution in [0.1, 0.15) is 21.6 Å². The zero-order valence-electron chi connectivity index (χ0n) is 9.83. The molecule has 0 fully saturated rings. The van der Waals surface area contributed by atoms with Crippen LogP contribution in [0.25, 0.3) is 0 Å². The van der Waals surface area contributed by atoms with Crippen LogP contribution in [-0.4, -0.2) is 4.98 Å². The fraction of sp³-hybridized carbons (Fsp3) is 0.214. The molecule has 1 unspecified atom stereocenters. The highest BCUT2D eigenvalue weighted by molar-refractivity contribution is 9.11. The van der Waals surface area contributed by atoms with Crippen LogP contribution in [0.4, 0.5) is 4.39 Å². The lowest BCUT2D eigenvalue weighted by atomic mass is 10.1. The molecule has 0 N–H and O–H groups in total. The number of hydrogen-bond acceptors (Lipinski definition) is 1. The Kier molecular flexibility index (Phi) is 4.51. The molecule has 1 aromatic carbocycles. The Labute approximate surface area is 123 Å². The van der Waals surface area contributed by atoms with E-state index in [-0.39, 0.29) is 10.6 Å². The van der Waals surface area contributed by atoms with Crippen molar-refractivity contribution in [2.24, 2.45) is 0 Å². The Morgan fingerprint density at radius 3 is 2.67 bits per heavy atom. The molecule has 0 saturated heterocycles. The van der Waals surface area contributed by atoms with Gasteiger partial charge in [0.1, 0.15) is 5.82 Å². The first-order valence-electron chi connectivity index (χ1n) is 5.57. The van der Waals surface area contributed by atoms with E-state index < -0.39 is 0 Å². The first-order valence-corrected chi connectivity index (χ1v) is 7.27. The zero-order valence-corrected chi connectivity index (χ0v) is 13.0. The normalized spacial score (nSPS) is 12.4. The summed E-state index contributed by atoms with van der Waals surface area (Å²) in [5.74, 6) is -0.237. The van der Waals surface area contributed by atoms with Crippen LogP contribution in [0, 0.1) is 12.7 Å². The van der Waals surface area contributed by atoms with Gasteiger partial charge in [-0.25, -0.2) is 4.39 Å². The SMILES string of the molecule is Cc1ccc(CC(Br)c2ccc(F)cc2Br)nc1. The van der Waals surface area contributed by atoms with Crippen LogP contribution < -0.4 is 0 Å². The second-order valence-electron chi connectivity index (χ2n) is 4.16. The van der Waals surface area contributed by atoms with Gasteiger partial charge < -0.3 is 0 Å². The van der Waals surface area contributed by atoms with Gasteiger partial charge in [-0.1, -0.05) is 44.0 Å². The Bertz CT molecular complexity index is 540. The number of aromatic nitrogens is 1. The lowest BCUT2D eigenvalue weighted by Gasteiger charge is -2.12. The molecule has 4 heteroatoms. The molecule has 94 valence electrons. The summed E-state index contributed by atoms with van der Waals surface area (Å²) in [4.78, 5) is 4.49. The average molecular weight is 373 g/mol. The lowest BCUT2D eigenvalue weighted by molar-refractivity contribution is 0.625. The van der Waals surface area contributed by atoms with E-state index in [0.29, 0.717) is 0 Å². The molecule has 2 aromatic rings. The second kappa shape index (κ2) is 5.93. The smallest absolute Gasteiger partial charge is 0.124 e. The van der Waals surface area contributed by atoms with Crippen molar-refractivity contribution < 1.29 is 4.39 Å². The molecule has 0 saturated carbocycles. The van der Waals surface area contributed by atoms with E-state index in [1.54, 1.807) is 6.07 Å². The molecule has 18 heavy (non-hydrogen) atoms. The molecule has 0 radical (unpaired) electrons. The third-order valence-corrected chi connectivity index (χ3v) is 4.16. The van der Waals surface area contributed by atoms with Gasteiger partial charge in [-0.15, -0.1) is 0 Å². The largest absolute Gasteiger partial charge is 0.261 e. The predicted octanol–water partition coefficient (Wildman–Crippen LogP) is 4.97. The maximum Gasteiger partial charge on any atom is 0.124 e. The van der Waals surface area contributed by atoms with Crippen molar-refractivity contribution in [2.45, 2.75) is 18.2 Å². The molecule has 1 aromatic heterocycles. The standard InChI is InChI=1S/C14H12Br2FN/c1-9-2-4-11(18-8-9)7-14(16)12-5-3-10(17)6-13(12)15/h2-6,8,14H,7H2,1H3. The fourth-order valence-electron chi connectivity index (χ4n) is 1.67. The van der Waals surface area contributed by atoms with Crippen molar-refractivity contribution >= 4 is 31.9 Å². The minimum Gasteiger partial charge on any atom is -0.261 e. The number of halogens is 3. The summed E-state index contributed by atoms with van der Waals surface area (Å²) in [6, 6.07) is 8.79. The minimum atomic E-state index is -0.237. The summed E-state index contributed by atoms with van der Waals surface area (Å²) in [6.07, 6.45) is 2.62. The minimum absolute atomic E-state index is 0.114. The third-order valence-electron chi connectivity index (χ3n) is 2.66. The predicted molar refractivity (Wildman–Crippen MR) is 78.4 cm³/mol. The molecule has 0 amide bonds. The highest BCUT2D eigenvalue weighted by atomic mass is 79.9. The Balaban J connectivity index is 2.16. The molecule has 1 atom stereocenters. The number of rotatable bonds is 3. The first-order chi connectivity index (χ1) is 8.56. The monoisotopic (exact) mass is 371 g/mol. The number of pyridine rings is 1. The Hall–Kier alpha value is -0.740. The van der Waals surface area contributed by atoms with Crippen molar-refractivity contribution in [3.63, 3.8) is 0 Å². The number of benzene rings is 1. The molecule has 0 bridgehead atoms. The molecule has 2 rings (SSSR count). The van der Waals surface area contributed by atoms with Crippen molar-refractivity contribution in [3.8, 4) is 0 Å². The molecule has 0 aliphatic rings. The number of aryl methyl sites for hydroxylation is 1. The van der Waals surface area contributed by atoms with Crippen LogP contribution in [0.5, 0.6) is 0 Å². The highest BCUT2D eigenvalue weighted by Crippen LogP contribution is 2.32. The Morgan fingerprint density at radius 2 is 2.06 bits per heavy atom. The van der Waals surface area contributed by atoms with Crippen molar-refractivity contribution in [1.82, 2.24) is 4.98 Å². The first kappa shape index (κ1) is 13.7. The van der Waals surface area contributed by atoms with E-state index in [2.05, 4.69) is 36.8 Å². The lowest BCUT2D eigenvalue weighted by Crippen LogP contribution is -1.99. The van der Waals surface area contributed by atoms with Crippen LogP contribution in [0.2, 0.25) is 0 Å². The van der Waals surface area contributed by atoms with Gasteiger partial charge in [-0.2, -0.15) is 0 Å². The van der Waals surface area contributed by atoms with Crippen LogP contribution >= 0.6 is 31.9 Å². The molecule has 0 spiro atoms. The maximum absolute atomic E-state index is 13.0. The molecule has 1 heterocycles. The number of hydrogen-bond donors (Lipinski definition) is 0. The summed E-state index contributed by atoms with van der Waals surface area (Å²) < 4.78 is 13.8. The van der Waals surface area contributed by atoms with Gasteiger partial charge in [0.15, 0.2) is 0 Å². The topological polar surface area (TPSA) is 12.9 Å². The average Bonchev–Trinajstić information content (AvgIpc) is 2.32. The second-order valence-corrected chi connectivity index (χ2v) is 6.12. The van der Waals surface area contributed by atoms with E-state index in [1.165, 1.54) is 12.1 Å². The highest BCUT2D eigenvalue weighted by Gasteiger charge is 2.13. The molecular formula is C14H12Br2FN. The number of alkyl halides is 1. The van der Waals surface area contributed by atoms with Gasteiger partial charge in [0.25, 0.3) is 0 Å². The van der Waals surface area contributed by atoms with Gasteiger partial charge in [-0.3, -0.25) is 4.98 Å². The van der Waals surface area contributed by atoms with E-state index in [0.717, 1.165) is 27.7 Å². The van der Waals surface area contributed by atoms with E-state index in [4.69, 9.17) is 0 Å². The van der Waals surface area contributed by atoms with Crippen molar-refractivity contribution in [2.75, 3.05) is 0 Å². The maximum atomic E-state index is 13.0. The van der Waals surface area contributed by atoms with Gasteiger partial charge in [-0.05, 0) is 36.2 Å². The van der Waals surface area contributed by atoms with E-state index in [9.17, 15) is 4.39 Å². The van der Waals surface area contributed by atoms with E-state index in [1.807, 2.05) is 25.3 Å². The number of nitrogens with zero attached hydrogens (tertiary/aromatic N) is 1. The van der Waals surface area contributed by atoms with Crippen molar-refractivity contribution in [3.05, 3.63) is 63.6 Å². The summed E-state index contributed by atoms with van der Waals surface area (Å²) in [7, 11) is 0. The summed E-state index contributed by atoms with van der Waals surface area (Å²) >= 11 is 7.01. The Morgan fingerprint density at radius 1 is 1.28 bits per heavy atom. The molecular weight excluding hydrogens is 361 g/mol. The summed E-state index contributed by atoms with van der Waals surface area (Å²) in [5, 5.41) is 0. The fourth-order valence-corrected chi connectivity index (χ4v) is 3.33. The third kappa shape index (κ3) is 3.39. The van der Waals surface area contributed by atoms with Crippen molar-refractivity contribution in [1.29, 1.82) is 0 Å². The summed E-state index contributed by atoms with van der Waals surface area (Å²) in [6.45, 7) is 2.01. The van der Waals surface area contributed by atoms with Gasteiger partial charge in [0.05, 0.1) is 0 Å².